The molecule has 158 valence electrons. The number of para-hydroxylation sites is 2. The van der Waals surface area contributed by atoms with Gasteiger partial charge in [-0.2, -0.15) is 0 Å². The fourth-order valence-corrected chi connectivity index (χ4v) is 3.86. The molecule has 2 rings (SSSR count). The number of nitrogens with one attached hydrogen (secondary N) is 2. The second-order valence-corrected chi connectivity index (χ2v) is 8.58. The summed E-state index contributed by atoms with van der Waals surface area (Å²) in [5.74, 6) is 0.387. The summed E-state index contributed by atoms with van der Waals surface area (Å²) in [6, 6.07) is 13.6. The van der Waals surface area contributed by atoms with Crippen molar-refractivity contribution in [2.45, 2.75) is 31.6 Å². The molecule has 29 heavy (non-hydrogen) atoms. The van der Waals surface area contributed by atoms with Gasteiger partial charge in [0.1, 0.15) is 5.75 Å². The van der Waals surface area contributed by atoms with Crippen LogP contribution >= 0.6 is 0 Å². The Kier molecular flexibility index (Phi) is 8.48. The number of ether oxygens (including phenoxy) is 1. The van der Waals surface area contributed by atoms with Gasteiger partial charge in [-0.25, -0.2) is 12.7 Å². The molecule has 0 saturated carbocycles. The van der Waals surface area contributed by atoms with Crippen LogP contribution in [0.3, 0.4) is 0 Å². The molecule has 0 aliphatic rings. The monoisotopic (exact) mass is 419 g/mol. The number of nitrogens with zero attached hydrogens (tertiary/aromatic N) is 1. The van der Waals surface area contributed by atoms with E-state index in [2.05, 4.69) is 10.6 Å². The van der Waals surface area contributed by atoms with Crippen LogP contribution in [0.5, 0.6) is 5.75 Å². The fraction of sp³-hybridized carbons (Fsp3) is 0.381. The first-order valence-electron chi connectivity index (χ1n) is 9.70. The Hall–Kier alpha value is -2.58. The van der Waals surface area contributed by atoms with Gasteiger partial charge in [-0.1, -0.05) is 25.5 Å². The van der Waals surface area contributed by atoms with Crippen LogP contribution < -0.4 is 15.4 Å². The van der Waals surface area contributed by atoms with E-state index in [0.29, 0.717) is 30.3 Å². The minimum Gasteiger partial charge on any atom is -0.492 e. The number of rotatable bonds is 11. The SMILES string of the molecule is CCCCN(C)S(=O)(=O)c1ccc(NCC(=O)Nc2ccccc2OCC)cc1. The summed E-state index contributed by atoms with van der Waals surface area (Å²) in [4.78, 5) is 12.5. The Morgan fingerprint density at radius 3 is 2.41 bits per heavy atom. The number of carbonyl (C=O) groups excluding carboxylic acids is 1. The highest BCUT2D eigenvalue weighted by Crippen LogP contribution is 2.23. The zero-order valence-corrected chi connectivity index (χ0v) is 18.0. The molecule has 0 bridgehead atoms. The predicted octanol–water partition coefficient (Wildman–Crippen LogP) is 3.56. The maximum absolute atomic E-state index is 12.5. The molecule has 0 radical (unpaired) electrons. The van der Waals surface area contributed by atoms with Gasteiger partial charge >= 0.3 is 0 Å². The van der Waals surface area contributed by atoms with Crippen molar-refractivity contribution >= 4 is 27.3 Å². The van der Waals surface area contributed by atoms with Crippen LogP contribution in [0.15, 0.2) is 53.4 Å². The zero-order valence-electron chi connectivity index (χ0n) is 17.1. The third-order valence-corrected chi connectivity index (χ3v) is 6.17. The molecule has 0 atom stereocenters. The number of carbonyl (C=O) groups is 1. The van der Waals surface area contributed by atoms with E-state index < -0.39 is 10.0 Å². The van der Waals surface area contributed by atoms with Gasteiger partial charge < -0.3 is 15.4 Å². The van der Waals surface area contributed by atoms with E-state index in [0.717, 1.165) is 12.8 Å². The summed E-state index contributed by atoms with van der Waals surface area (Å²) in [5.41, 5.74) is 1.27. The lowest BCUT2D eigenvalue weighted by Crippen LogP contribution is -2.28. The number of amides is 1. The number of benzene rings is 2. The fourth-order valence-electron chi connectivity index (χ4n) is 2.65. The number of hydrogen-bond acceptors (Lipinski definition) is 5. The summed E-state index contributed by atoms with van der Waals surface area (Å²) >= 11 is 0. The van der Waals surface area contributed by atoms with Crippen LogP contribution in [-0.2, 0) is 14.8 Å². The molecule has 0 unspecified atom stereocenters. The van der Waals surface area contributed by atoms with Gasteiger partial charge in [-0.15, -0.1) is 0 Å². The summed E-state index contributed by atoms with van der Waals surface area (Å²) in [7, 11) is -1.91. The first kappa shape index (κ1) is 22.7. The van der Waals surface area contributed by atoms with Crippen LogP contribution in [0.4, 0.5) is 11.4 Å². The van der Waals surface area contributed by atoms with Crippen LogP contribution in [-0.4, -0.2) is 45.4 Å². The van der Waals surface area contributed by atoms with Gasteiger partial charge in [0.2, 0.25) is 15.9 Å². The van der Waals surface area contributed by atoms with Crippen molar-refractivity contribution in [3.05, 3.63) is 48.5 Å². The summed E-state index contributed by atoms with van der Waals surface area (Å²) in [6.45, 7) is 4.94. The van der Waals surface area contributed by atoms with E-state index in [-0.39, 0.29) is 17.3 Å². The van der Waals surface area contributed by atoms with Crippen LogP contribution in [0.25, 0.3) is 0 Å². The largest absolute Gasteiger partial charge is 0.492 e. The normalized spacial score (nSPS) is 11.3. The lowest BCUT2D eigenvalue weighted by Gasteiger charge is -2.17. The molecule has 0 fully saturated rings. The summed E-state index contributed by atoms with van der Waals surface area (Å²) in [6.07, 6.45) is 1.75. The van der Waals surface area contributed by atoms with E-state index in [1.807, 2.05) is 26.0 Å². The van der Waals surface area contributed by atoms with E-state index in [1.165, 1.54) is 4.31 Å². The number of anilines is 2. The predicted molar refractivity (Wildman–Crippen MR) is 116 cm³/mol. The van der Waals surface area contributed by atoms with E-state index in [4.69, 9.17) is 4.74 Å². The van der Waals surface area contributed by atoms with Crippen LogP contribution in [0.2, 0.25) is 0 Å². The summed E-state index contributed by atoms with van der Waals surface area (Å²) < 4.78 is 31.9. The molecular weight excluding hydrogens is 390 g/mol. The standard InChI is InChI=1S/C21H29N3O4S/c1-4-6-15-24(3)29(26,27)18-13-11-17(12-14-18)22-16-21(25)23-19-9-7-8-10-20(19)28-5-2/h7-14,22H,4-6,15-16H2,1-3H3,(H,23,25). The highest BCUT2D eigenvalue weighted by Gasteiger charge is 2.19. The maximum Gasteiger partial charge on any atom is 0.243 e. The third kappa shape index (κ3) is 6.47. The lowest BCUT2D eigenvalue weighted by atomic mass is 10.3. The average molecular weight is 420 g/mol. The third-order valence-electron chi connectivity index (χ3n) is 4.30. The second kappa shape index (κ2) is 10.8. The highest BCUT2D eigenvalue weighted by molar-refractivity contribution is 7.89. The van der Waals surface area contributed by atoms with Crippen molar-refractivity contribution in [3.63, 3.8) is 0 Å². The topological polar surface area (TPSA) is 87.7 Å². The molecule has 0 heterocycles. The Morgan fingerprint density at radius 1 is 1.07 bits per heavy atom. The first-order valence-corrected chi connectivity index (χ1v) is 11.1. The van der Waals surface area contributed by atoms with Crippen molar-refractivity contribution in [2.75, 3.05) is 37.4 Å². The molecule has 2 aromatic carbocycles. The molecule has 0 aliphatic heterocycles. The van der Waals surface area contributed by atoms with Crippen molar-refractivity contribution < 1.29 is 17.9 Å². The Labute approximate surface area is 173 Å². The smallest absolute Gasteiger partial charge is 0.243 e. The van der Waals surface area contributed by atoms with Gasteiger partial charge in [0.25, 0.3) is 0 Å². The maximum atomic E-state index is 12.5. The molecule has 7 nitrogen and oxygen atoms in total. The molecule has 0 spiro atoms. The molecule has 8 heteroatoms. The van der Waals surface area contributed by atoms with E-state index in [9.17, 15) is 13.2 Å². The Balaban J connectivity index is 1.94. The van der Waals surface area contributed by atoms with Crippen molar-refractivity contribution in [1.82, 2.24) is 4.31 Å². The number of unbranched alkanes of at least 4 members (excludes halogenated alkanes) is 1. The van der Waals surface area contributed by atoms with Crippen molar-refractivity contribution in [1.29, 1.82) is 0 Å². The van der Waals surface area contributed by atoms with Gasteiger partial charge in [-0.3, -0.25) is 4.79 Å². The Morgan fingerprint density at radius 2 is 1.76 bits per heavy atom. The van der Waals surface area contributed by atoms with Gasteiger partial charge in [-0.05, 0) is 49.7 Å². The minimum absolute atomic E-state index is 0.0446. The highest BCUT2D eigenvalue weighted by atomic mass is 32.2. The quantitative estimate of drug-likeness (QED) is 0.581. The second-order valence-electron chi connectivity index (χ2n) is 6.54. The number of sulfonamides is 1. The lowest BCUT2D eigenvalue weighted by molar-refractivity contribution is -0.114. The molecule has 2 N–H and O–H groups in total. The number of hydrogen-bond donors (Lipinski definition) is 2. The average Bonchev–Trinajstić information content (AvgIpc) is 2.72. The van der Waals surface area contributed by atoms with E-state index >= 15 is 0 Å². The van der Waals surface area contributed by atoms with E-state index in [1.54, 1.807) is 43.4 Å². The van der Waals surface area contributed by atoms with Crippen LogP contribution in [0.1, 0.15) is 26.7 Å². The molecule has 1 amide bonds. The minimum atomic E-state index is -3.50. The van der Waals surface area contributed by atoms with Crippen LogP contribution in [0, 0.1) is 0 Å². The van der Waals surface area contributed by atoms with Crippen molar-refractivity contribution in [2.24, 2.45) is 0 Å². The molecular formula is C21H29N3O4S. The molecule has 0 aromatic heterocycles. The zero-order chi connectivity index (χ0) is 21.3. The van der Waals surface area contributed by atoms with Crippen molar-refractivity contribution in [3.8, 4) is 5.75 Å². The summed E-state index contributed by atoms with van der Waals surface area (Å²) in [5, 5.41) is 5.80. The molecule has 2 aromatic rings. The van der Waals surface area contributed by atoms with Gasteiger partial charge in [0.15, 0.2) is 0 Å². The van der Waals surface area contributed by atoms with Gasteiger partial charge in [0.05, 0.1) is 23.7 Å². The first-order chi connectivity index (χ1) is 13.9. The molecule has 0 aliphatic carbocycles. The molecule has 0 saturated heterocycles. The van der Waals surface area contributed by atoms with Gasteiger partial charge in [0, 0.05) is 19.3 Å². The Bertz CT molecular complexity index is 898.